The van der Waals surface area contributed by atoms with Crippen molar-refractivity contribution in [1.82, 2.24) is 15.3 Å². The fourth-order valence-electron chi connectivity index (χ4n) is 4.49. The first-order valence-corrected chi connectivity index (χ1v) is 11.8. The van der Waals surface area contributed by atoms with Crippen LogP contribution in [0.25, 0.3) is 22.2 Å². The van der Waals surface area contributed by atoms with Crippen molar-refractivity contribution in [1.29, 1.82) is 0 Å². The van der Waals surface area contributed by atoms with Gasteiger partial charge in [-0.1, -0.05) is 0 Å². The number of aliphatic hydroxyl groups is 1. The van der Waals surface area contributed by atoms with Crippen LogP contribution in [0.1, 0.15) is 28.5 Å². The minimum absolute atomic E-state index is 0.0629. The van der Waals surface area contributed by atoms with Crippen molar-refractivity contribution in [2.24, 2.45) is 5.73 Å². The number of benzene rings is 2. The first-order valence-electron chi connectivity index (χ1n) is 11.8. The van der Waals surface area contributed by atoms with E-state index in [1.165, 1.54) is 25.3 Å². The summed E-state index contributed by atoms with van der Waals surface area (Å²) in [6.07, 6.45) is -3.91. The molecular formula is C27H21F5N4O4. The Kier molecular flexibility index (Phi) is 6.29. The number of carbonyl (C=O) groups excluding carboxylic acids is 2. The van der Waals surface area contributed by atoms with Crippen LogP contribution >= 0.6 is 0 Å². The number of nitrogens with zero attached hydrogens (tertiary/aromatic N) is 1. The topological polar surface area (TPSA) is 130 Å². The van der Waals surface area contributed by atoms with Crippen LogP contribution in [0.3, 0.4) is 0 Å². The van der Waals surface area contributed by atoms with E-state index in [9.17, 15) is 36.6 Å². The zero-order chi connectivity index (χ0) is 29.0. The van der Waals surface area contributed by atoms with Gasteiger partial charge < -0.3 is 25.9 Å². The number of hydrogen-bond acceptors (Lipinski definition) is 5. The van der Waals surface area contributed by atoms with E-state index in [0.717, 1.165) is 30.3 Å². The molecule has 1 aliphatic heterocycles. The number of nitrogens with one attached hydrogen (secondary N) is 2. The van der Waals surface area contributed by atoms with Gasteiger partial charge in [0.25, 0.3) is 5.91 Å². The lowest BCUT2D eigenvalue weighted by Crippen LogP contribution is -2.52. The lowest BCUT2D eigenvalue weighted by molar-refractivity contribution is -0.265. The number of ether oxygens (including phenoxy) is 1. The van der Waals surface area contributed by atoms with Crippen LogP contribution in [0.5, 0.6) is 5.75 Å². The number of aromatic nitrogens is 2. The van der Waals surface area contributed by atoms with Crippen LogP contribution in [0.4, 0.5) is 22.0 Å². The third kappa shape index (κ3) is 4.31. The van der Waals surface area contributed by atoms with Gasteiger partial charge in [-0.2, -0.15) is 13.2 Å². The molecule has 2 amide bonds. The highest BCUT2D eigenvalue weighted by molar-refractivity contribution is 5.98. The molecule has 5 rings (SSSR count). The normalized spacial score (nSPS) is 18.2. The largest absolute Gasteiger partial charge is 0.489 e. The number of aromatic amines is 1. The SMILES string of the molecule is C[C@]1(C(N)=O)COc2c1cc([C@@](O)(CNC(=O)c1cc3cc[nH]c3cc1F)C(F)(F)F)nc2-c1ccc(F)cc1. The Balaban J connectivity index is 1.60. The molecule has 0 saturated heterocycles. The summed E-state index contributed by atoms with van der Waals surface area (Å²) in [4.78, 5) is 31.8. The Bertz CT molecular complexity index is 1650. The molecular weight excluding hydrogens is 539 g/mol. The monoisotopic (exact) mass is 560 g/mol. The summed E-state index contributed by atoms with van der Waals surface area (Å²) < 4.78 is 77.2. The van der Waals surface area contributed by atoms with Crippen LogP contribution in [-0.4, -0.2) is 46.2 Å². The van der Waals surface area contributed by atoms with Gasteiger partial charge in [0.2, 0.25) is 11.5 Å². The molecule has 0 spiro atoms. The first-order chi connectivity index (χ1) is 18.7. The Morgan fingerprint density at radius 3 is 2.50 bits per heavy atom. The zero-order valence-corrected chi connectivity index (χ0v) is 20.7. The molecule has 0 radical (unpaired) electrons. The molecule has 0 fully saturated rings. The number of halogens is 5. The maximum atomic E-state index is 14.5. The molecule has 3 heterocycles. The molecule has 2 aromatic carbocycles. The van der Waals surface area contributed by atoms with Gasteiger partial charge >= 0.3 is 6.18 Å². The minimum Gasteiger partial charge on any atom is -0.489 e. The summed E-state index contributed by atoms with van der Waals surface area (Å²) in [6.45, 7) is -0.421. The molecule has 1 aliphatic rings. The summed E-state index contributed by atoms with van der Waals surface area (Å²) in [5, 5.41) is 13.4. The van der Waals surface area contributed by atoms with E-state index in [4.69, 9.17) is 10.5 Å². The second-order valence-corrected chi connectivity index (χ2v) is 9.66. The Hall–Kier alpha value is -4.52. The van der Waals surface area contributed by atoms with Crippen molar-refractivity contribution in [3.8, 4) is 17.0 Å². The fourth-order valence-corrected chi connectivity index (χ4v) is 4.49. The summed E-state index contributed by atoms with van der Waals surface area (Å²) in [6, 6.07) is 9.11. The molecule has 40 heavy (non-hydrogen) atoms. The number of primary amides is 1. The molecule has 208 valence electrons. The zero-order valence-electron chi connectivity index (χ0n) is 20.7. The van der Waals surface area contributed by atoms with Crippen molar-refractivity contribution in [3.63, 3.8) is 0 Å². The summed E-state index contributed by atoms with van der Waals surface area (Å²) >= 11 is 0. The van der Waals surface area contributed by atoms with Gasteiger partial charge in [-0.25, -0.2) is 13.8 Å². The number of hydrogen-bond donors (Lipinski definition) is 4. The maximum Gasteiger partial charge on any atom is 0.424 e. The van der Waals surface area contributed by atoms with E-state index < -0.39 is 58.4 Å². The molecule has 0 unspecified atom stereocenters. The lowest BCUT2D eigenvalue weighted by Gasteiger charge is -2.31. The fraction of sp³-hybridized carbons (Fsp3) is 0.222. The Labute approximate surface area is 223 Å². The van der Waals surface area contributed by atoms with Gasteiger partial charge in [0, 0.05) is 28.2 Å². The number of nitrogens with two attached hydrogens (primary N) is 1. The predicted octanol–water partition coefficient (Wildman–Crippen LogP) is 3.82. The van der Waals surface area contributed by atoms with Crippen LogP contribution in [0, 0.1) is 11.6 Å². The molecule has 4 aromatic rings. The quantitative estimate of drug-likeness (QED) is 0.267. The van der Waals surface area contributed by atoms with Gasteiger partial charge in [0.15, 0.2) is 0 Å². The van der Waals surface area contributed by atoms with Crippen LogP contribution in [-0.2, 0) is 15.8 Å². The number of rotatable bonds is 6. The van der Waals surface area contributed by atoms with E-state index in [1.54, 1.807) is 6.07 Å². The smallest absolute Gasteiger partial charge is 0.424 e. The number of amides is 2. The summed E-state index contributed by atoms with van der Waals surface area (Å²) in [5.74, 6) is -3.81. The van der Waals surface area contributed by atoms with E-state index in [1.807, 2.05) is 5.32 Å². The second-order valence-electron chi connectivity index (χ2n) is 9.66. The Morgan fingerprint density at radius 2 is 1.85 bits per heavy atom. The van der Waals surface area contributed by atoms with Crippen molar-refractivity contribution in [2.75, 3.05) is 13.2 Å². The lowest BCUT2D eigenvalue weighted by atomic mass is 9.81. The molecule has 0 bridgehead atoms. The van der Waals surface area contributed by atoms with Crippen molar-refractivity contribution >= 4 is 22.7 Å². The minimum atomic E-state index is -5.41. The standard InChI is InChI=1S/C27H21F5N4O4/c1-25(24(33)38)12-40-22-17(25)9-20(36-21(22)13-2-4-15(28)5-3-13)26(39,27(30,31)32)11-35-23(37)16-8-14-6-7-34-19(14)10-18(16)29/h2-10,34,39H,11-12H2,1H3,(H2,33,38)(H,35,37)/t25-,26-/m0/s1. The molecule has 2 atom stereocenters. The number of carbonyl (C=O) groups is 2. The maximum absolute atomic E-state index is 14.5. The number of H-pyrrole nitrogens is 1. The Morgan fingerprint density at radius 1 is 1.15 bits per heavy atom. The highest BCUT2D eigenvalue weighted by Gasteiger charge is 2.57. The first kappa shape index (κ1) is 27.1. The number of fused-ring (bicyclic) bond motifs is 2. The molecule has 0 aliphatic carbocycles. The third-order valence-electron chi connectivity index (χ3n) is 7.02. The predicted molar refractivity (Wildman–Crippen MR) is 132 cm³/mol. The van der Waals surface area contributed by atoms with E-state index in [2.05, 4.69) is 9.97 Å². The van der Waals surface area contributed by atoms with E-state index in [-0.39, 0.29) is 29.2 Å². The van der Waals surface area contributed by atoms with E-state index in [0.29, 0.717) is 10.9 Å². The molecule has 5 N–H and O–H groups in total. The van der Waals surface area contributed by atoms with Crippen LogP contribution in [0.15, 0.2) is 54.7 Å². The number of alkyl halides is 3. The van der Waals surface area contributed by atoms with Crippen molar-refractivity contribution in [3.05, 3.63) is 83.2 Å². The van der Waals surface area contributed by atoms with Crippen molar-refractivity contribution < 1.29 is 41.4 Å². The van der Waals surface area contributed by atoms with Crippen molar-refractivity contribution in [2.45, 2.75) is 24.1 Å². The highest BCUT2D eigenvalue weighted by Crippen LogP contribution is 2.47. The van der Waals surface area contributed by atoms with Crippen LogP contribution < -0.4 is 15.8 Å². The second kappa shape index (κ2) is 9.30. The van der Waals surface area contributed by atoms with Crippen LogP contribution in [0.2, 0.25) is 0 Å². The average Bonchev–Trinajstić information content (AvgIpc) is 3.50. The van der Waals surface area contributed by atoms with Gasteiger partial charge in [-0.3, -0.25) is 9.59 Å². The molecule has 8 nitrogen and oxygen atoms in total. The van der Waals surface area contributed by atoms with Gasteiger partial charge in [0.05, 0.1) is 17.8 Å². The van der Waals surface area contributed by atoms with Gasteiger partial charge in [0.1, 0.15) is 35.1 Å². The third-order valence-corrected chi connectivity index (χ3v) is 7.02. The average molecular weight is 560 g/mol. The van der Waals surface area contributed by atoms with Gasteiger partial charge in [-0.05, 0) is 55.5 Å². The molecule has 0 saturated carbocycles. The highest BCUT2D eigenvalue weighted by atomic mass is 19.4. The summed E-state index contributed by atoms with van der Waals surface area (Å²) in [7, 11) is 0. The summed E-state index contributed by atoms with van der Waals surface area (Å²) in [5.41, 5.74) is -1.18. The van der Waals surface area contributed by atoms with Gasteiger partial charge in [-0.15, -0.1) is 0 Å². The van der Waals surface area contributed by atoms with E-state index >= 15 is 0 Å². The molecule has 2 aromatic heterocycles. The molecule has 13 heteroatoms. The number of pyridine rings is 1.